The van der Waals surface area contributed by atoms with Crippen LogP contribution in [0.2, 0.25) is 0 Å². The highest BCUT2D eigenvalue weighted by atomic mass is 15.2. The minimum absolute atomic E-state index is 0.413. The summed E-state index contributed by atoms with van der Waals surface area (Å²) in [7, 11) is 4.32. The summed E-state index contributed by atoms with van der Waals surface area (Å²) < 4.78 is 0. The Morgan fingerprint density at radius 1 is 1.29 bits per heavy atom. The van der Waals surface area contributed by atoms with Crippen molar-refractivity contribution >= 4 is 0 Å². The summed E-state index contributed by atoms with van der Waals surface area (Å²) in [6.07, 6.45) is 1.27. The Labute approximate surface area is 130 Å². The molecule has 0 amide bonds. The molecule has 3 nitrogen and oxygen atoms in total. The third-order valence-electron chi connectivity index (χ3n) is 4.75. The van der Waals surface area contributed by atoms with Crippen molar-refractivity contribution in [1.82, 2.24) is 15.1 Å². The first kappa shape index (κ1) is 16.5. The van der Waals surface area contributed by atoms with Crippen molar-refractivity contribution in [2.75, 3.05) is 40.3 Å². The third kappa shape index (κ3) is 4.29. The van der Waals surface area contributed by atoms with Gasteiger partial charge in [-0.3, -0.25) is 4.90 Å². The molecule has 1 aliphatic rings. The molecule has 0 spiro atoms. The van der Waals surface area contributed by atoms with Gasteiger partial charge in [-0.1, -0.05) is 23.8 Å². The number of hydrogen-bond donors (Lipinski definition) is 1. The highest BCUT2D eigenvalue weighted by molar-refractivity contribution is 5.33. The molecule has 118 valence electrons. The van der Waals surface area contributed by atoms with Crippen molar-refractivity contribution in [3.8, 4) is 0 Å². The van der Waals surface area contributed by atoms with Gasteiger partial charge in [0.25, 0.3) is 0 Å². The van der Waals surface area contributed by atoms with E-state index < -0.39 is 0 Å². The molecule has 0 bridgehead atoms. The summed E-state index contributed by atoms with van der Waals surface area (Å²) >= 11 is 0. The smallest absolute Gasteiger partial charge is 0.0449 e. The molecule has 0 aromatic heterocycles. The zero-order valence-electron chi connectivity index (χ0n) is 14.3. The highest BCUT2D eigenvalue weighted by Gasteiger charge is 2.23. The number of hydrogen-bond acceptors (Lipinski definition) is 3. The first-order valence-corrected chi connectivity index (χ1v) is 8.18. The first-order valence-electron chi connectivity index (χ1n) is 8.18. The predicted octanol–water partition coefficient (Wildman–Crippen LogP) is 2.59. The molecule has 21 heavy (non-hydrogen) atoms. The normalized spacial score (nSPS) is 23.0. The van der Waals surface area contributed by atoms with Crippen molar-refractivity contribution in [3.05, 3.63) is 34.9 Å². The van der Waals surface area contributed by atoms with Gasteiger partial charge in [-0.25, -0.2) is 0 Å². The van der Waals surface area contributed by atoms with Crippen LogP contribution in [0.3, 0.4) is 0 Å². The maximum absolute atomic E-state index is 3.52. The lowest BCUT2D eigenvalue weighted by Crippen LogP contribution is -2.42. The van der Waals surface area contributed by atoms with E-state index in [9.17, 15) is 0 Å². The highest BCUT2D eigenvalue weighted by Crippen LogP contribution is 2.21. The van der Waals surface area contributed by atoms with Crippen LogP contribution in [-0.2, 0) is 0 Å². The fourth-order valence-electron chi connectivity index (χ4n) is 3.49. The molecule has 0 saturated carbocycles. The van der Waals surface area contributed by atoms with Crippen LogP contribution in [0.25, 0.3) is 0 Å². The number of aryl methyl sites for hydroxylation is 2. The van der Waals surface area contributed by atoms with Crippen LogP contribution in [0.5, 0.6) is 0 Å². The molecule has 1 aromatic carbocycles. The Hall–Kier alpha value is -0.900. The van der Waals surface area contributed by atoms with Crippen molar-refractivity contribution in [2.24, 2.45) is 0 Å². The van der Waals surface area contributed by atoms with E-state index in [1.165, 1.54) is 42.7 Å². The minimum Gasteiger partial charge on any atom is -0.312 e. The molecular weight excluding hydrogens is 258 g/mol. The van der Waals surface area contributed by atoms with Gasteiger partial charge in [-0.2, -0.15) is 0 Å². The van der Waals surface area contributed by atoms with E-state index in [-0.39, 0.29) is 0 Å². The molecule has 1 N–H and O–H groups in total. The van der Waals surface area contributed by atoms with Gasteiger partial charge >= 0.3 is 0 Å². The number of nitrogens with zero attached hydrogens (tertiary/aromatic N) is 2. The fraction of sp³-hybridized carbons (Fsp3) is 0.667. The van der Waals surface area contributed by atoms with Gasteiger partial charge in [-0.05, 0) is 65.5 Å². The number of likely N-dealkylation sites (N-methyl/N-ethyl adjacent to an activating group) is 2. The molecule has 0 aliphatic carbocycles. The Kier molecular flexibility index (Phi) is 5.80. The van der Waals surface area contributed by atoms with Gasteiger partial charge in [0.2, 0.25) is 0 Å². The molecule has 1 aliphatic heterocycles. The average Bonchev–Trinajstić information content (AvgIpc) is 2.58. The van der Waals surface area contributed by atoms with Gasteiger partial charge in [0.15, 0.2) is 0 Å². The fourth-order valence-corrected chi connectivity index (χ4v) is 3.49. The largest absolute Gasteiger partial charge is 0.312 e. The molecule has 3 heteroatoms. The quantitative estimate of drug-likeness (QED) is 0.919. The van der Waals surface area contributed by atoms with E-state index in [4.69, 9.17) is 0 Å². The van der Waals surface area contributed by atoms with Crippen LogP contribution in [0.4, 0.5) is 0 Å². The molecule has 1 heterocycles. The van der Waals surface area contributed by atoms with Gasteiger partial charge in [0, 0.05) is 25.2 Å². The van der Waals surface area contributed by atoms with Crippen LogP contribution >= 0.6 is 0 Å². The second-order valence-corrected chi connectivity index (χ2v) is 6.66. The Balaban J connectivity index is 2.11. The van der Waals surface area contributed by atoms with Crippen molar-refractivity contribution < 1.29 is 0 Å². The average molecular weight is 289 g/mol. The second-order valence-electron chi connectivity index (χ2n) is 6.66. The van der Waals surface area contributed by atoms with E-state index in [2.05, 4.69) is 68.2 Å². The molecule has 2 rings (SSSR count). The van der Waals surface area contributed by atoms with E-state index >= 15 is 0 Å². The van der Waals surface area contributed by atoms with Gasteiger partial charge in [0.1, 0.15) is 0 Å². The summed E-state index contributed by atoms with van der Waals surface area (Å²) in [6, 6.07) is 7.85. The lowest BCUT2D eigenvalue weighted by molar-refractivity contribution is 0.185. The minimum atomic E-state index is 0.413. The van der Waals surface area contributed by atoms with E-state index in [0.717, 1.165) is 6.54 Å². The number of nitrogens with one attached hydrogen (secondary N) is 1. The number of benzene rings is 1. The van der Waals surface area contributed by atoms with Crippen LogP contribution in [0.15, 0.2) is 18.2 Å². The van der Waals surface area contributed by atoms with E-state index in [0.29, 0.717) is 12.1 Å². The van der Waals surface area contributed by atoms with Crippen LogP contribution in [0.1, 0.15) is 36.1 Å². The molecule has 1 aromatic rings. The second kappa shape index (κ2) is 7.39. The van der Waals surface area contributed by atoms with Crippen LogP contribution < -0.4 is 5.32 Å². The standard InChI is InChI=1S/C18H31N3/c1-14-7-8-17(15(2)11-14)18(19-4)13-21-10-6-9-20(5)12-16(21)3/h7-8,11,16,18-19H,6,9-10,12-13H2,1-5H3. The lowest BCUT2D eigenvalue weighted by Gasteiger charge is -2.32. The summed E-state index contributed by atoms with van der Waals surface area (Å²) in [5.74, 6) is 0. The summed E-state index contributed by atoms with van der Waals surface area (Å²) in [5.41, 5.74) is 4.18. The summed E-state index contributed by atoms with van der Waals surface area (Å²) in [4.78, 5) is 5.10. The van der Waals surface area contributed by atoms with Gasteiger partial charge in [-0.15, -0.1) is 0 Å². The Morgan fingerprint density at radius 2 is 2.05 bits per heavy atom. The SMILES string of the molecule is CNC(CN1CCCN(C)CC1C)c1ccc(C)cc1C. The first-order chi connectivity index (χ1) is 10.0. The summed E-state index contributed by atoms with van der Waals surface area (Å²) in [6.45, 7) is 11.4. The zero-order valence-corrected chi connectivity index (χ0v) is 14.3. The van der Waals surface area contributed by atoms with E-state index in [1.54, 1.807) is 0 Å². The molecular formula is C18H31N3. The van der Waals surface area contributed by atoms with Crippen LogP contribution in [0, 0.1) is 13.8 Å². The Morgan fingerprint density at radius 3 is 2.71 bits per heavy atom. The molecule has 2 unspecified atom stereocenters. The monoisotopic (exact) mass is 289 g/mol. The molecule has 0 radical (unpaired) electrons. The van der Waals surface area contributed by atoms with Crippen molar-refractivity contribution in [1.29, 1.82) is 0 Å². The lowest BCUT2D eigenvalue weighted by atomic mass is 9.98. The Bertz CT molecular complexity index is 458. The number of rotatable bonds is 4. The molecule has 2 atom stereocenters. The van der Waals surface area contributed by atoms with Gasteiger partial charge in [0.05, 0.1) is 0 Å². The predicted molar refractivity (Wildman–Crippen MR) is 90.9 cm³/mol. The van der Waals surface area contributed by atoms with Crippen molar-refractivity contribution in [3.63, 3.8) is 0 Å². The zero-order chi connectivity index (χ0) is 15.4. The topological polar surface area (TPSA) is 18.5 Å². The molecule has 1 fully saturated rings. The molecule has 1 saturated heterocycles. The third-order valence-corrected chi connectivity index (χ3v) is 4.75. The van der Waals surface area contributed by atoms with Crippen LogP contribution in [-0.4, -0.2) is 56.1 Å². The summed E-state index contributed by atoms with van der Waals surface area (Å²) in [5, 5.41) is 3.52. The maximum atomic E-state index is 3.52. The maximum Gasteiger partial charge on any atom is 0.0449 e. The van der Waals surface area contributed by atoms with E-state index in [1.807, 2.05) is 0 Å². The van der Waals surface area contributed by atoms with Crippen molar-refractivity contribution in [2.45, 2.75) is 39.3 Å². The van der Waals surface area contributed by atoms with Gasteiger partial charge < -0.3 is 10.2 Å².